The lowest BCUT2D eigenvalue weighted by Gasteiger charge is -2.17. The average molecular weight is 264 g/mol. The van der Waals surface area contributed by atoms with Gasteiger partial charge in [-0.25, -0.2) is 0 Å². The van der Waals surface area contributed by atoms with Crippen LogP contribution in [0.3, 0.4) is 0 Å². The number of amidine groups is 1. The smallest absolute Gasteiger partial charge is 0.266 e. The molecule has 18 heavy (non-hydrogen) atoms. The van der Waals surface area contributed by atoms with Crippen molar-refractivity contribution in [2.24, 2.45) is 4.99 Å². The van der Waals surface area contributed by atoms with Crippen LogP contribution >= 0.6 is 11.8 Å². The molecule has 0 spiro atoms. The van der Waals surface area contributed by atoms with E-state index in [1.807, 2.05) is 30.3 Å². The quantitative estimate of drug-likeness (QED) is 0.835. The van der Waals surface area contributed by atoms with Crippen LogP contribution in [0.5, 0.6) is 5.75 Å². The maximum absolute atomic E-state index is 12.0. The molecule has 2 rings (SSSR count). The molecule has 0 saturated carbocycles. The number of hydrogen-bond acceptors (Lipinski definition) is 4. The van der Waals surface area contributed by atoms with Gasteiger partial charge in [0.1, 0.15) is 5.75 Å². The standard InChI is InChI=1S/C13H16N2O2S/c1-2-18-13-14-8-9-15(13)12(16)10-17-11-6-4-3-5-7-11/h3-7H,2,8-10H2,1H3. The van der Waals surface area contributed by atoms with Gasteiger partial charge in [0, 0.05) is 6.54 Å². The van der Waals surface area contributed by atoms with Gasteiger partial charge < -0.3 is 4.74 Å². The molecule has 1 aromatic carbocycles. The molecule has 1 aromatic rings. The molecule has 1 aliphatic heterocycles. The molecule has 0 N–H and O–H groups in total. The second kappa shape index (κ2) is 6.44. The van der Waals surface area contributed by atoms with E-state index in [4.69, 9.17) is 4.74 Å². The number of rotatable bonds is 4. The molecule has 0 saturated heterocycles. The SMILES string of the molecule is CCSC1=NCCN1C(=O)COc1ccccc1. The zero-order valence-electron chi connectivity index (χ0n) is 10.3. The average Bonchev–Trinajstić information content (AvgIpc) is 2.86. The highest BCUT2D eigenvalue weighted by atomic mass is 32.2. The van der Waals surface area contributed by atoms with Gasteiger partial charge in [-0.05, 0) is 17.9 Å². The molecule has 4 nitrogen and oxygen atoms in total. The monoisotopic (exact) mass is 264 g/mol. The first-order valence-electron chi connectivity index (χ1n) is 5.96. The molecular weight excluding hydrogens is 248 g/mol. The molecular formula is C13H16N2O2S. The first-order chi connectivity index (χ1) is 8.81. The van der Waals surface area contributed by atoms with Crippen LogP contribution in [0, 0.1) is 0 Å². The van der Waals surface area contributed by atoms with Crippen molar-refractivity contribution < 1.29 is 9.53 Å². The van der Waals surface area contributed by atoms with Crippen molar-refractivity contribution in [2.75, 3.05) is 25.4 Å². The van der Waals surface area contributed by atoms with E-state index < -0.39 is 0 Å². The van der Waals surface area contributed by atoms with E-state index in [0.717, 1.165) is 10.9 Å². The second-order valence-corrected chi connectivity index (χ2v) is 4.98. The van der Waals surface area contributed by atoms with Gasteiger partial charge in [-0.3, -0.25) is 14.7 Å². The minimum absolute atomic E-state index is 0.0314. The fourth-order valence-electron chi connectivity index (χ4n) is 1.65. The Labute approximate surface area is 111 Å². The Morgan fingerprint density at radius 2 is 2.22 bits per heavy atom. The highest BCUT2D eigenvalue weighted by molar-refractivity contribution is 8.13. The Morgan fingerprint density at radius 1 is 1.44 bits per heavy atom. The molecule has 1 aliphatic rings. The summed E-state index contributed by atoms with van der Waals surface area (Å²) in [6.07, 6.45) is 0. The molecule has 1 amide bonds. The van der Waals surface area contributed by atoms with Crippen LogP contribution in [0.15, 0.2) is 35.3 Å². The summed E-state index contributed by atoms with van der Waals surface area (Å²) in [5.41, 5.74) is 0. The maximum atomic E-state index is 12.0. The van der Waals surface area contributed by atoms with E-state index in [1.54, 1.807) is 16.7 Å². The van der Waals surface area contributed by atoms with E-state index in [2.05, 4.69) is 11.9 Å². The van der Waals surface area contributed by atoms with E-state index in [-0.39, 0.29) is 12.5 Å². The fraction of sp³-hybridized carbons (Fsp3) is 0.385. The van der Waals surface area contributed by atoms with Gasteiger partial charge >= 0.3 is 0 Å². The summed E-state index contributed by atoms with van der Waals surface area (Å²) in [5, 5.41) is 0.819. The van der Waals surface area contributed by atoms with E-state index in [0.29, 0.717) is 18.8 Å². The Bertz CT molecular complexity index is 434. The van der Waals surface area contributed by atoms with Gasteiger partial charge in [0.25, 0.3) is 5.91 Å². The number of carbonyl (C=O) groups excluding carboxylic acids is 1. The van der Waals surface area contributed by atoms with Crippen LogP contribution in [0.4, 0.5) is 0 Å². The first-order valence-corrected chi connectivity index (χ1v) is 6.95. The highest BCUT2D eigenvalue weighted by Gasteiger charge is 2.23. The number of nitrogens with zero attached hydrogens (tertiary/aromatic N) is 2. The van der Waals surface area contributed by atoms with E-state index in [9.17, 15) is 4.79 Å². The lowest BCUT2D eigenvalue weighted by molar-refractivity contribution is -0.128. The molecule has 0 unspecified atom stereocenters. The van der Waals surface area contributed by atoms with Crippen LogP contribution in [0.1, 0.15) is 6.92 Å². The number of ether oxygens (including phenoxy) is 1. The van der Waals surface area contributed by atoms with Crippen molar-refractivity contribution >= 4 is 22.8 Å². The zero-order chi connectivity index (χ0) is 12.8. The summed E-state index contributed by atoms with van der Waals surface area (Å²) in [6, 6.07) is 9.36. The van der Waals surface area contributed by atoms with Crippen LogP contribution in [-0.2, 0) is 4.79 Å². The Hall–Kier alpha value is -1.49. The van der Waals surface area contributed by atoms with Gasteiger partial charge in [0.15, 0.2) is 11.8 Å². The van der Waals surface area contributed by atoms with Crippen molar-refractivity contribution in [2.45, 2.75) is 6.92 Å². The zero-order valence-corrected chi connectivity index (χ0v) is 11.2. The number of thioether (sulfide) groups is 1. The second-order valence-electron chi connectivity index (χ2n) is 3.74. The third-order valence-corrected chi connectivity index (χ3v) is 3.38. The van der Waals surface area contributed by atoms with Crippen LogP contribution in [-0.4, -0.2) is 41.4 Å². The predicted molar refractivity (Wildman–Crippen MR) is 74.1 cm³/mol. The molecule has 0 bridgehead atoms. The number of hydrogen-bond donors (Lipinski definition) is 0. The Balaban J connectivity index is 1.87. The minimum Gasteiger partial charge on any atom is -0.484 e. The summed E-state index contributed by atoms with van der Waals surface area (Å²) in [7, 11) is 0. The fourth-order valence-corrected chi connectivity index (χ4v) is 2.44. The number of aliphatic imine (C=N–C) groups is 1. The number of para-hydroxylation sites is 1. The van der Waals surface area contributed by atoms with Crippen LogP contribution < -0.4 is 4.74 Å². The lowest BCUT2D eigenvalue weighted by Crippen LogP contribution is -2.36. The van der Waals surface area contributed by atoms with Crippen molar-refractivity contribution in [1.82, 2.24) is 4.90 Å². The van der Waals surface area contributed by atoms with Crippen molar-refractivity contribution in [1.29, 1.82) is 0 Å². The summed E-state index contributed by atoms with van der Waals surface area (Å²) in [6.45, 7) is 3.47. The van der Waals surface area contributed by atoms with Gasteiger partial charge in [-0.15, -0.1) is 0 Å². The molecule has 0 fully saturated rings. The lowest BCUT2D eigenvalue weighted by atomic mass is 10.3. The summed E-state index contributed by atoms with van der Waals surface area (Å²) in [5.74, 6) is 1.60. The Kier molecular flexibility index (Phi) is 4.64. The topological polar surface area (TPSA) is 41.9 Å². The van der Waals surface area contributed by atoms with Gasteiger partial charge in [-0.2, -0.15) is 0 Å². The Morgan fingerprint density at radius 3 is 2.94 bits per heavy atom. The van der Waals surface area contributed by atoms with E-state index in [1.165, 1.54) is 0 Å². The molecule has 5 heteroatoms. The third-order valence-electron chi connectivity index (χ3n) is 2.48. The molecule has 1 heterocycles. The maximum Gasteiger partial charge on any atom is 0.266 e. The third kappa shape index (κ3) is 3.26. The molecule has 0 aromatic heterocycles. The summed E-state index contributed by atoms with van der Waals surface area (Å²) < 4.78 is 5.45. The molecule has 0 aliphatic carbocycles. The molecule has 96 valence electrons. The van der Waals surface area contributed by atoms with Crippen LogP contribution in [0.25, 0.3) is 0 Å². The number of amides is 1. The summed E-state index contributed by atoms with van der Waals surface area (Å²) in [4.78, 5) is 18.0. The van der Waals surface area contributed by atoms with Gasteiger partial charge in [0.2, 0.25) is 0 Å². The van der Waals surface area contributed by atoms with Crippen molar-refractivity contribution in [3.8, 4) is 5.75 Å². The van der Waals surface area contributed by atoms with E-state index >= 15 is 0 Å². The largest absolute Gasteiger partial charge is 0.484 e. The summed E-state index contributed by atoms with van der Waals surface area (Å²) >= 11 is 1.60. The number of carbonyl (C=O) groups is 1. The predicted octanol–water partition coefficient (Wildman–Crippen LogP) is 2.02. The van der Waals surface area contributed by atoms with Crippen molar-refractivity contribution in [3.63, 3.8) is 0 Å². The van der Waals surface area contributed by atoms with Gasteiger partial charge in [0.05, 0.1) is 6.54 Å². The number of benzene rings is 1. The normalized spacial score (nSPS) is 14.5. The van der Waals surface area contributed by atoms with Crippen molar-refractivity contribution in [3.05, 3.63) is 30.3 Å². The molecule has 0 radical (unpaired) electrons. The van der Waals surface area contributed by atoms with Gasteiger partial charge in [-0.1, -0.05) is 36.9 Å². The van der Waals surface area contributed by atoms with Crippen LogP contribution in [0.2, 0.25) is 0 Å². The first kappa shape index (κ1) is 13.0. The highest BCUT2D eigenvalue weighted by Crippen LogP contribution is 2.15. The molecule has 0 atom stereocenters. The minimum atomic E-state index is -0.0314.